The summed E-state index contributed by atoms with van der Waals surface area (Å²) in [6, 6.07) is 11.1. The van der Waals surface area contributed by atoms with Crippen LogP contribution in [0.2, 0.25) is 0 Å². The molecule has 2 aliphatic rings. The molecule has 4 heteroatoms. The molecular formula is C21H33N3O. The number of nitrogens with zero attached hydrogens (tertiary/aromatic N) is 1. The highest BCUT2D eigenvalue weighted by Crippen LogP contribution is 2.19. The molecular weight excluding hydrogens is 310 g/mol. The SMILES string of the molecule is O=C(NCC1CCN(Cc2ccccc2)CC1)NC1CCCCCC1. The number of carbonyl (C=O) groups excluding carboxylic acids is 1. The van der Waals surface area contributed by atoms with Crippen molar-refractivity contribution in [3.63, 3.8) is 0 Å². The molecule has 0 bridgehead atoms. The van der Waals surface area contributed by atoms with Crippen molar-refractivity contribution in [1.29, 1.82) is 0 Å². The van der Waals surface area contributed by atoms with Crippen LogP contribution in [0.5, 0.6) is 0 Å². The Hall–Kier alpha value is -1.55. The highest BCUT2D eigenvalue weighted by atomic mass is 16.2. The van der Waals surface area contributed by atoms with E-state index in [1.165, 1.54) is 44.1 Å². The Kier molecular flexibility index (Phi) is 7.16. The summed E-state index contributed by atoms with van der Waals surface area (Å²) in [6.07, 6.45) is 9.79. The number of carbonyl (C=O) groups is 1. The van der Waals surface area contributed by atoms with Crippen molar-refractivity contribution < 1.29 is 4.79 Å². The standard InChI is InChI=1S/C21H33N3O/c25-21(23-20-10-6-1-2-7-11-20)22-16-18-12-14-24(15-13-18)17-19-8-4-3-5-9-19/h3-5,8-9,18,20H,1-2,6-7,10-17H2,(H2,22,23,25). The van der Waals surface area contributed by atoms with Gasteiger partial charge in [-0.25, -0.2) is 4.79 Å². The second-order valence-corrected chi connectivity index (χ2v) is 7.75. The summed E-state index contributed by atoms with van der Waals surface area (Å²) >= 11 is 0. The minimum absolute atomic E-state index is 0.0404. The highest BCUT2D eigenvalue weighted by Gasteiger charge is 2.20. The van der Waals surface area contributed by atoms with Crippen molar-refractivity contribution in [2.45, 2.75) is 64.0 Å². The lowest BCUT2D eigenvalue weighted by atomic mass is 9.96. The molecule has 138 valence electrons. The third-order valence-electron chi connectivity index (χ3n) is 5.70. The Morgan fingerprint density at radius 1 is 0.960 bits per heavy atom. The predicted octanol–water partition coefficient (Wildman–Crippen LogP) is 3.92. The average Bonchev–Trinajstić information content (AvgIpc) is 2.91. The molecule has 2 amide bonds. The molecule has 25 heavy (non-hydrogen) atoms. The van der Waals surface area contributed by atoms with Gasteiger partial charge in [-0.05, 0) is 50.3 Å². The van der Waals surface area contributed by atoms with Crippen molar-refractivity contribution in [1.82, 2.24) is 15.5 Å². The quantitative estimate of drug-likeness (QED) is 0.796. The largest absolute Gasteiger partial charge is 0.338 e. The van der Waals surface area contributed by atoms with E-state index in [1.54, 1.807) is 0 Å². The number of hydrogen-bond acceptors (Lipinski definition) is 2. The summed E-state index contributed by atoms with van der Waals surface area (Å²) in [4.78, 5) is 14.7. The predicted molar refractivity (Wildman–Crippen MR) is 102 cm³/mol. The van der Waals surface area contributed by atoms with E-state index in [0.717, 1.165) is 39.0 Å². The number of likely N-dealkylation sites (tertiary alicyclic amines) is 1. The fourth-order valence-electron chi connectivity index (χ4n) is 4.09. The third kappa shape index (κ3) is 6.35. The second kappa shape index (κ2) is 9.81. The molecule has 0 radical (unpaired) electrons. The third-order valence-corrected chi connectivity index (χ3v) is 5.70. The van der Waals surface area contributed by atoms with Crippen molar-refractivity contribution in [2.24, 2.45) is 5.92 Å². The molecule has 0 atom stereocenters. The van der Waals surface area contributed by atoms with E-state index in [1.807, 2.05) is 0 Å². The zero-order valence-corrected chi connectivity index (χ0v) is 15.4. The summed E-state index contributed by atoms with van der Waals surface area (Å²) in [5.74, 6) is 0.618. The Bertz CT molecular complexity index is 503. The van der Waals surface area contributed by atoms with Gasteiger partial charge in [-0.15, -0.1) is 0 Å². The first-order valence-corrected chi connectivity index (χ1v) is 10.1. The smallest absolute Gasteiger partial charge is 0.315 e. The number of piperidine rings is 1. The van der Waals surface area contributed by atoms with E-state index < -0.39 is 0 Å². The first-order chi connectivity index (χ1) is 12.3. The lowest BCUT2D eigenvalue weighted by Gasteiger charge is -2.32. The molecule has 1 aromatic carbocycles. The molecule has 1 saturated heterocycles. The maximum Gasteiger partial charge on any atom is 0.315 e. The van der Waals surface area contributed by atoms with Gasteiger partial charge in [0.25, 0.3) is 0 Å². The number of rotatable bonds is 5. The van der Waals surface area contributed by atoms with E-state index >= 15 is 0 Å². The van der Waals surface area contributed by atoms with Gasteiger partial charge >= 0.3 is 6.03 Å². The van der Waals surface area contributed by atoms with Crippen LogP contribution in [-0.2, 0) is 6.54 Å². The van der Waals surface area contributed by atoms with E-state index in [-0.39, 0.29) is 6.03 Å². The summed E-state index contributed by atoms with van der Waals surface area (Å²) in [6.45, 7) is 4.12. The van der Waals surface area contributed by atoms with E-state index in [9.17, 15) is 4.79 Å². The first kappa shape index (κ1) is 18.2. The zero-order valence-electron chi connectivity index (χ0n) is 15.4. The molecule has 1 saturated carbocycles. The lowest BCUT2D eigenvalue weighted by Crippen LogP contribution is -2.45. The monoisotopic (exact) mass is 343 g/mol. The van der Waals surface area contributed by atoms with Crippen LogP contribution in [0.25, 0.3) is 0 Å². The van der Waals surface area contributed by atoms with Crippen LogP contribution in [0.15, 0.2) is 30.3 Å². The van der Waals surface area contributed by atoms with Gasteiger partial charge in [0.15, 0.2) is 0 Å². The Balaban J connectivity index is 1.31. The van der Waals surface area contributed by atoms with Crippen molar-refractivity contribution >= 4 is 6.03 Å². The van der Waals surface area contributed by atoms with Crippen molar-refractivity contribution in [3.8, 4) is 0 Å². The maximum absolute atomic E-state index is 12.1. The molecule has 0 spiro atoms. The molecule has 1 aliphatic heterocycles. The van der Waals surface area contributed by atoms with Crippen LogP contribution in [0.1, 0.15) is 56.9 Å². The summed E-state index contributed by atoms with van der Waals surface area (Å²) in [5, 5.41) is 6.30. The number of nitrogens with one attached hydrogen (secondary N) is 2. The molecule has 2 N–H and O–H groups in total. The molecule has 3 rings (SSSR count). The fourth-order valence-corrected chi connectivity index (χ4v) is 4.09. The molecule has 0 aromatic heterocycles. The molecule has 1 aliphatic carbocycles. The fraction of sp³-hybridized carbons (Fsp3) is 0.667. The summed E-state index contributed by atoms with van der Waals surface area (Å²) < 4.78 is 0. The molecule has 2 fully saturated rings. The lowest BCUT2D eigenvalue weighted by molar-refractivity contribution is 0.174. The number of amides is 2. The van der Waals surface area contributed by atoms with Crippen LogP contribution >= 0.6 is 0 Å². The maximum atomic E-state index is 12.1. The van der Waals surface area contributed by atoms with Crippen molar-refractivity contribution in [2.75, 3.05) is 19.6 Å². The highest BCUT2D eigenvalue weighted by molar-refractivity contribution is 5.74. The van der Waals surface area contributed by atoms with Gasteiger partial charge in [0, 0.05) is 19.1 Å². The van der Waals surface area contributed by atoms with E-state index in [2.05, 4.69) is 45.9 Å². The van der Waals surface area contributed by atoms with Gasteiger partial charge in [-0.2, -0.15) is 0 Å². The van der Waals surface area contributed by atoms with Gasteiger partial charge < -0.3 is 10.6 Å². The Morgan fingerprint density at radius 3 is 2.32 bits per heavy atom. The topological polar surface area (TPSA) is 44.4 Å². The van der Waals surface area contributed by atoms with Crippen molar-refractivity contribution in [3.05, 3.63) is 35.9 Å². The average molecular weight is 344 g/mol. The van der Waals surface area contributed by atoms with Crippen LogP contribution in [-0.4, -0.2) is 36.6 Å². The van der Waals surface area contributed by atoms with Gasteiger partial charge in [0.1, 0.15) is 0 Å². The number of benzene rings is 1. The second-order valence-electron chi connectivity index (χ2n) is 7.75. The Labute approximate surface area is 152 Å². The van der Waals surface area contributed by atoms with Crippen LogP contribution in [0, 0.1) is 5.92 Å². The first-order valence-electron chi connectivity index (χ1n) is 10.1. The normalized spacial score (nSPS) is 20.8. The number of urea groups is 1. The summed E-state index contributed by atoms with van der Waals surface area (Å²) in [5.41, 5.74) is 1.39. The zero-order chi connectivity index (χ0) is 17.3. The molecule has 1 aromatic rings. The van der Waals surface area contributed by atoms with Gasteiger partial charge in [0.2, 0.25) is 0 Å². The molecule has 0 unspecified atom stereocenters. The van der Waals surface area contributed by atoms with Gasteiger partial charge in [0.05, 0.1) is 0 Å². The minimum atomic E-state index is 0.0404. The van der Waals surface area contributed by atoms with Gasteiger partial charge in [-0.3, -0.25) is 4.90 Å². The van der Waals surface area contributed by atoms with E-state index in [4.69, 9.17) is 0 Å². The summed E-state index contributed by atoms with van der Waals surface area (Å²) in [7, 11) is 0. The van der Waals surface area contributed by atoms with E-state index in [0.29, 0.717) is 12.0 Å². The van der Waals surface area contributed by atoms with Crippen LogP contribution in [0.4, 0.5) is 4.79 Å². The molecule has 1 heterocycles. The van der Waals surface area contributed by atoms with Crippen LogP contribution in [0.3, 0.4) is 0 Å². The number of hydrogen-bond donors (Lipinski definition) is 2. The molecule has 4 nitrogen and oxygen atoms in total. The Morgan fingerprint density at radius 2 is 1.64 bits per heavy atom. The minimum Gasteiger partial charge on any atom is -0.338 e. The van der Waals surface area contributed by atoms with Gasteiger partial charge in [-0.1, -0.05) is 56.0 Å². The van der Waals surface area contributed by atoms with Crippen LogP contribution < -0.4 is 10.6 Å².